The first-order valence-electron chi connectivity index (χ1n) is 7.22. The molecule has 24 heavy (non-hydrogen) atoms. The molecule has 1 aromatic carbocycles. The van der Waals surface area contributed by atoms with Crippen molar-refractivity contribution in [2.75, 3.05) is 5.32 Å². The molecule has 1 N–H and O–H groups in total. The number of benzene rings is 1. The van der Waals surface area contributed by atoms with E-state index in [2.05, 4.69) is 5.32 Å². The van der Waals surface area contributed by atoms with Crippen LogP contribution in [0.1, 0.15) is 23.8 Å². The first-order chi connectivity index (χ1) is 11.5. The number of aryl methyl sites for hydroxylation is 1. The number of anilines is 1. The van der Waals surface area contributed by atoms with Crippen molar-refractivity contribution in [1.82, 2.24) is 0 Å². The number of nitriles is 1. The maximum atomic E-state index is 12.1. The Morgan fingerprint density at radius 3 is 2.83 bits per heavy atom. The fourth-order valence-corrected chi connectivity index (χ4v) is 2.85. The lowest BCUT2D eigenvalue weighted by molar-refractivity contribution is -0.153. The molecule has 1 amide bonds. The minimum absolute atomic E-state index is 0.223. The summed E-state index contributed by atoms with van der Waals surface area (Å²) >= 11 is 7.48. The topological polar surface area (TPSA) is 79.2 Å². The van der Waals surface area contributed by atoms with Crippen molar-refractivity contribution in [3.63, 3.8) is 0 Å². The molecule has 0 unspecified atom stereocenters. The third-order valence-corrected chi connectivity index (χ3v) is 4.44. The molecule has 124 valence electrons. The van der Waals surface area contributed by atoms with Crippen LogP contribution in [0.2, 0.25) is 5.02 Å². The van der Waals surface area contributed by atoms with Gasteiger partial charge in [-0.3, -0.25) is 9.59 Å². The van der Waals surface area contributed by atoms with Crippen molar-refractivity contribution in [2.45, 2.75) is 25.9 Å². The van der Waals surface area contributed by atoms with Gasteiger partial charge in [-0.05, 0) is 43.0 Å². The van der Waals surface area contributed by atoms with Crippen molar-refractivity contribution in [2.24, 2.45) is 0 Å². The van der Waals surface area contributed by atoms with Crippen LogP contribution >= 0.6 is 22.9 Å². The standard InChI is InChI=1S/C17H15ClN2O3S/c1-11(23-16(21)7-6-14-3-2-8-24-14)17(22)20-13-5-4-12(10-19)15(18)9-13/h2-5,8-9,11H,6-7H2,1H3,(H,20,22)/t11-/m0/s1. The molecule has 0 radical (unpaired) electrons. The molecular formula is C17H15ClN2O3S. The van der Waals surface area contributed by atoms with Crippen LogP contribution in [-0.2, 0) is 20.7 Å². The Hall–Kier alpha value is -2.36. The summed E-state index contributed by atoms with van der Waals surface area (Å²) in [4.78, 5) is 24.9. The first kappa shape index (κ1) is 18.0. The summed E-state index contributed by atoms with van der Waals surface area (Å²) in [7, 11) is 0. The number of halogens is 1. The van der Waals surface area contributed by atoms with Crippen LogP contribution in [0.25, 0.3) is 0 Å². The number of ether oxygens (including phenoxy) is 1. The quantitative estimate of drug-likeness (QED) is 0.793. The van der Waals surface area contributed by atoms with Crippen LogP contribution in [0, 0.1) is 11.3 Å². The highest BCUT2D eigenvalue weighted by molar-refractivity contribution is 7.09. The number of carbonyl (C=O) groups is 2. The van der Waals surface area contributed by atoms with Gasteiger partial charge in [0.1, 0.15) is 6.07 Å². The van der Waals surface area contributed by atoms with E-state index in [9.17, 15) is 9.59 Å². The molecular weight excluding hydrogens is 348 g/mol. The lowest BCUT2D eigenvalue weighted by atomic mass is 10.2. The summed E-state index contributed by atoms with van der Waals surface area (Å²) in [5.74, 6) is -0.885. The molecule has 1 heterocycles. The number of amides is 1. The molecule has 0 saturated heterocycles. The molecule has 0 aliphatic carbocycles. The van der Waals surface area contributed by atoms with Crippen LogP contribution < -0.4 is 5.32 Å². The van der Waals surface area contributed by atoms with E-state index in [1.165, 1.54) is 19.1 Å². The van der Waals surface area contributed by atoms with Crippen molar-refractivity contribution in [3.05, 3.63) is 51.2 Å². The van der Waals surface area contributed by atoms with E-state index >= 15 is 0 Å². The molecule has 5 nitrogen and oxygen atoms in total. The van der Waals surface area contributed by atoms with E-state index in [0.29, 0.717) is 17.7 Å². The highest BCUT2D eigenvalue weighted by Gasteiger charge is 2.18. The summed E-state index contributed by atoms with van der Waals surface area (Å²) in [5.41, 5.74) is 0.758. The smallest absolute Gasteiger partial charge is 0.306 e. The van der Waals surface area contributed by atoms with Gasteiger partial charge in [0.05, 0.1) is 17.0 Å². The summed E-state index contributed by atoms with van der Waals surface area (Å²) in [6.07, 6.45) is -0.105. The van der Waals surface area contributed by atoms with E-state index in [1.807, 2.05) is 23.6 Å². The molecule has 1 atom stereocenters. The molecule has 2 aromatic rings. The second-order valence-corrected chi connectivity index (χ2v) is 6.45. The molecule has 0 aliphatic heterocycles. The van der Waals surface area contributed by atoms with Gasteiger partial charge in [0, 0.05) is 10.6 Å². The molecule has 2 rings (SSSR count). The largest absolute Gasteiger partial charge is 0.453 e. The minimum Gasteiger partial charge on any atom is -0.453 e. The summed E-state index contributed by atoms with van der Waals surface area (Å²) < 4.78 is 5.13. The molecule has 0 saturated carbocycles. The highest BCUT2D eigenvalue weighted by Crippen LogP contribution is 2.20. The van der Waals surface area contributed by atoms with Gasteiger partial charge in [-0.1, -0.05) is 17.7 Å². The minimum atomic E-state index is -0.921. The zero-order valence-electron chi connectivity index (χ0n) is 12.9. The van der Waals surface area contributed by atoms with E-state index in [4.69, 9.17) is 21.6 Å². The Morgan fingerprint density at radius 1 is 1.42 bits per heavy atom. The third kappa shape index (κ3) is 5.08. The van der Waals surface area contributed by atoms with Gasteiger partial charge in [0.2, 0.25) is 0 Å². The van der Waals surface area contributed by atoms with E-state index < -0.39 is 18.0 Å². The average molecular weight is 363 g/mol. The second kappa shape index (κ2) is 8.48. The molecule has 7 heteroatoms. The summed E-state index contributed by atoms with van der Waals surface area (Å²) in [5, 5.41) is 13.6. The lowest BCUT2D eigenvalue weighted by Gasteiger charge is -2.13. The molecule has 0 fully saturated rings. The van der Waals surface area contributed by atoms with Gasteiger partial charge in [0.15, 0.2) is 6.10 Å². The highest BCUT2D eigenvalue weighted by atomic mass is 35.5. The Balaban J connectivity index is 1.84. The van der Waals surface area contributed by atoms with E-state index in [0.717, 1.165) is 4.88 Å². The molecule has 0 bridgehead atoms. The summed E-state index contributed by atoms with van der Waals surface area (Å²) in [6, 6.07) is 10.4. The molecule has 1 aromatic heterocycles. The maximum absolute atomic E-state index is 12.1. The Morgan fingerprint density at radius 2 is 2.21 bits per heavy atom. The number of hydrogen-bond acceptors (Lipinski definition) is 5. The van der Waals surface area contributed by atoms with Crippen LogP contribution in [0.5, 0.6) is 0 Å². The van der Waals surface area contributed by atoms with Gasteiger partial charge in [-0.2, -0.15) is 5.26 Å². The van der Waals surface area contributed by atoms with Gasteiger partial charge < -0.3 is 10.1 Å². The monoisotopic (exact) mass is 362 g/mol. The van der Waals surface area contributed by atoms with Crippen molar-refractivity contribution in [3.8, 4) is 6.07 Å². The van der Waals surface area contributed by atoms with Gasteiger partial charge in [-0.25, -0.2) is 0 Å². The number of thiophene rings is 1. The number of esters is 1. The van der Waals surface area contributed by atoms with Crippen molar-refractivity contribution in [1.29, 1.82) is 5.26 Å². The number of nitrogens with zero attached hydrogens (tertiary/aromatic N) is 1. The Kier molecular flexibility index (Phi) is 6.36. The Bertz CT molecular complexity index is 769. The predicted molar refractivity (Wildman–Crippen MR) is 93.0 cm³/mol. The molecule has 0 spiro atoms. The van der Waals surface area contributed by atoms with Crippen LogP contribution in [0.15, 0.2) is 35.7 Å². The van der Waals surface area contributed by atoms with Crippen LogP contribution in [-0.4, -0.2) is 18.0 Å². The fourth-order valence-electron chi connectivity index (χ4n) is 1.92. The van der Waals surface area contributed by atoms with Crippen molar-refractivity contribution >= 4 is 40.5 Å². The van der Waals surface area contributed by atoms with Gasteiger partial charge >= 0.3 is 5.97 Å². The zero-order chi connectivity index (χ0) is 17.5. The lowest BCUT2D eigenvalue weighted by Crippen LogP contribution is -2.30. The maximum Gasteiger partial charge on any atom is 0.306 e. The predicted octanol–water partition coefficient (Wildman–Crippen LogP) is 3.78. The van der Waals surface area contributed by atoms with E-state index in [-0.39, 0.29) is 11.4 Å². The number of hydrogen-bond donors (Lipinski definition) is 1. The zero-order valence-corrected chi connectivity index (χ0v) is 14.5. The van der Waals surface area contributed by atoms with Gasteiger partial charge in [-0.15, -0.1) is 11.3 Å². The number of rotatable bonds is 6. The van der Waals surface area contributed by atoms with E-state index in [1.54, 1.807) is 17.4 Å². The normalized spacial score (nSPS) is 11.4. The summed E-state index contributed by atoms with van der Waals surface area (Å²) in [6.45, 7) is 1.50. The second-order valence-electron chi connectivity index (χ2n) is 5.01. The Labute approximate surface area is 148 Å². The van der Waals surface area contributed by atoms with Crippen LogP contribution in [0.4, 0.5) is 5.69 Å². The number of carbonyl (C=O) groups excluding carboxylic acids is 2. The third-order valence-electron chi connectivity index (χ3n) is 3.19. The fraction of sp³-hybridized carbons (Fsp3) is 0.235. The van der Waals surface area contributed by atoms with Crippen molar-refractivity contribution < 1.29 is 14.3 Å². The number of nitrogens with one attached hydrogen (secondary N) is 1. The molecule has 0 aliphatic rings. The van der Waals surface area contributed by atoms with Gasteiger partial charge in [0.25, 0.3) is 5.91 Å². The SMILES string of the molecule is C[C@H](OC(=O)CCc1cccs1)C(=O)Nc1ccc(C#N)c(Cl)c1. The van der Waals surface area contributed by atoms with Crippen LogP contribution in [0.3, 0.4) is 0 Å². The average Bonchev–Trinajstić information content (AvgIpc) is 3.06. The first-order valence-corrected chi connectivity index (χ1v) is 8.47.